The van der Waals surface area contributed by atoms with E-state index in [1.165, 1.54) is 44.8 Å². The first-order valence-corrected chi connectivity index (χ1v) is 10.7. The van der Waals surface area contributed by atoms with Crippen molar-refractivity contribution >= 4 is 18.4 Å². The van der Waals surface area contributed by atoms with E-state index in [4.69, 9.17) is 12.6 Å². The minimum absolute atomic E-state index is 0.142. The Balaban J connectivity index is 1.71. The molecule has 0 amide bonds. The van der Waals surface area contributed by atoms with Gasteiger partial charge in [-0.3, -0.25) is 14.6 Å². The summed E-state index contributed by atoms with van der Waals surface area (Å²) in [6.07, 6.45) is 9.09. The molecule has 1 saturated carbocycles. The lowest BCUT2D eigenvalue weighted by atomic mass is 9.94. The molecule has 3 fully saturated rings. The molecule has 5 heteroatoms. The Kier molecular flexibility index (Phi) is 6.98. The Morgan fingerprint density at radius 2 is 1.88 bits per heavy atom. The molecule has 0 spiro atoms. The fourth-order valence-corrected chi connectivity index (χ4v) is 4.45. The van der Waals surface area contributed by atoms with Gasteiger partial charge in [0.05, 0.1) is 11.9 Å². The standard InChI is InChI=1S/C21H33FN2OS/c1-15(16(2)22)20(21(25)17-6-7-17)24-13-9-19(26)18(14-24)8-12-23-10-4-3-5-11-23/h8,17,19-20,26H,3-7,9-14H2,1-2H3/b16-15-,18-8+. The van der Waals surface area contributed by atoms with Crippen molar-refractivity contribution in [3.8, 4) is 0 Å². The number of halogens is 1. The molecule has 2 heterocycles. The lowest BCUT2D eigenvalue weighted by Gasteiger charge is -2.38. The number of hydrogen-bond acceptors (Lipinski definition) is 4. The van der Waals surface area contributed by atoms with Crippen LogP contribution in [0.15, 0.2) is 23.0 Å². The highest BCUT2D eigenvalue weighted by molar-refractivity contribution is 7.81. The quantitative estimate of drug-likeness (QED) is 0.556. The molecule has 0 aromatic carbocycles. The van der Waals surface area contributed by atoms with Crippen LogP contribution in [0.2, 0.25) is 0 Å². The number of thiol groups is 1. The van der Waals surface area contributed by atoms with Gasteiger partial charge in [-0.15, -0.1) is 0 Å². The lowest BCUT2D eigenvalue weighted by Crippen LogP contribution is -2.48. The highest BCUT2D eigenvalue weighted by atomic mass is 32.1. The third-order valence-corrected chi connectivity index (χ3v) is 6.72. The zero-order valence-electron chi connectivity index (χ0n) is 16.2. The number of carbonyl (C=O) groups is 1. The van der Waals surface area contributed by atoms with E-state index in [1.807, 2.05) is 0 Å². The summed E-state index contributed by atoms with van der Waals surface area (Å²) in [6, 6.07) is -0.397. The van der Waals surface area contributed by atoms with Gasteiger partial charge in [0.2, 0.25) is 0 Å². The predicted octanol–water partition coefficient (Wildman–Crippen LogP) is 4.01. The van der Waals surface area contributed by atoms with Crippen molar-refractivity contribution in [2.45, 2.75) is 63.7 Å². The van der Waals surface area contributed by atoms with Gasteiger partial charge in [-0.2, -0.15) is 12.6 Å². The van der Waals surface area contributed by atoms with E-state index >= 15 is 0 Å². The molecule has 0 bridgehead atoms. The maximum Gasteiger partial charge on any atom is 0.157 e. The van der Waals surface area contributed by atoms with Crippen LogP contribution in [0.4, 0.5) is 4.39 Å². The van der Waals surface area contributed by atoms with Crippen LogP contribution < -0.4 is 0 Å². The first-order chi connectivity index (χ1) is 12.5. The molecule has 1 aliphatic carbocycles. The zero-order chi connectivity index (χ0) is 18.7. The Labute approximate surface area is 163 Å². The number of allylic oxidation sites excluding steroid dienone is 1. The first-order valence-electron chi connectivity index (χ1n) is 10.2. The SMILES string of the molecule is C/C(F)=C(\C)C(C(=O)C1CC1)N1CCC(S)/C(=C/CN2CCCCC2)C1. The van der Waals surface area contributed by atoms with Crippen molar-refractivity contribution in [2.24, 2.45) is 5.92 Å². The van der Waals surface area contributed by atoms with E-state index in [9.17, 15) is 9.18 Å². The van der Waals surface area contributed by atoms with E-state index in [-0.39, 0.29) is 22.8 Å². The van der Waals surface area contributed by atoms with Crippen LogP contribution in [-0.2, 0) is 4.79 Å². The number of carbonyl (C=O) groups excluding carboxylic acids is 1. The molecule has 2 unspecified atom stereocenters. The third kappa shape index (κ3) is 4.99. The summed E-state index contributed by atoms with van der Waals surface area (Å²) in [6.45, 7) is 8.12. The summed E-state index contributed by atoms with van der Waals surface area (Å²) in [7, 11) is 0. The molecule has 146 valence electrons. The largest absolute Gasteiger partial charge is 0.300 e. The molecule has 0 aromatic rings. The average molecular weight is 381 g/mol. The summed E-state index contributed by atoms with van der Waals surface area (Å²) in [4.78, 5) is 17.5. The normalized spacial score (nSPS) is 29.5. The summed E-state index contributed by atoms with van der Waals surface area (Å²) < 4.78 is 14.0. The van der Waals surface area contributed by atoms with Crippen LogP contribution in [0, 0.1) is 5.92 Å². The first kappa shape index (κ1) is 20.1. The van der Waals surface area contributed by atoms with Crippen molar-refractivity contribution < 1.29 is 9.18 Å². The van der Waals surface area contributed by atoms with Crippen molar-refractivity contribution in [3.63, 3.8) is 0 Å². The molecular formula is C21H33FN2OS. The van der Waals surface area contributed by atoms with Crippen LogP contribution in [0.5, 0.6) is 0 Å². The molecule has 0 aromatic heterocycles. The highest BCUT2D eigenvalue weighted by Gasteiger charge is 2.40. The lowest BCUT2D eigenvalue weighted by molar-refractivity contribution is -0.124. The highest BCUT2D eigenvalue weighted by Crippen LogP contribution is 2.35. The molecule has 3 rings (SSSR count). The minimum Gasteiger partial charge on any atom is -0.300 e. The Morgan fingerprint density at radius 3 is 2.50 bits per heavy atom. The average Bonchev–Trinajstić information content (AvgIpc) is 3.48. The van der Waals surface area contributed by atoms with E-state index in [2.05, 4.69) is 15.9 Å². The Bertz CT molecular complexity index is 575. The van der Waals surface area contributed by atoms with Gasteiger partial charge in [0.15, 0.2) is 5.78 Å². The molecule has 2 atom stereocenters. The fourth-order valence-electron chi connectivity index (χ4n) is 4.15. The second kappa shape index (κ2) is 9.03. The molecule has 2 aliphatic heterocycles. The smallest absolute Gasteiger partial charge is 0.157 e. The number of rotatable bonds is 6. The zero-order valence-corrected chi connectivity index (χ0v) is 17.1. The van der Waals surface area contributed by atoms with Gasteiger partial charge < -0.3 is 0 Å². The van der Waals surface area contributed by atoms with Crippen LogP contribution in [0.25, 0.3) is 0 Å². The van der Waals surface area contributed by atoms with E-state index in [1.54, 1.807) is 6.92 Å². The summed E-state index contributed by atoms with van der Waals surface area (Å²) in [5, 5.41) is 0.253. The van der Waals surface area contributed by atoms with Gasteiger partial charge in [-0.05, 0) is 70.2 Å². The predicted molar refractivity (Wildman–Crippen MR) is 108 cm³/mol. The summed E-state index contributed by atoms with van der Waals surface area (Å²) in [5.41, 5.74) is 1.89. The Hall–Kier alpha value is -0.650. The fraction of sp³-hybridized carbons (Fsp3) is 0.762. The van der Waals surface area contributed by atoms with Crippen molar-refractivity contribution in [1.82, 2.24) is 9.80 Å². The van der Waals surface area contributed by atoms with Crippen LogP contribution in [-0.4, -0.2) is 59.6 Å². The summed E-state index contributed by atoms with van der Waals surface area (Å²) in [5.74, 6) is 0.146. The number of hydrogen-bond donors (Lipinski definition) is 1. The number of piperidine rings is 2. The van der Waals surface area contributed by atoms with Crippen LogP contribution >= 0.6 is 12.6 Å². The number of likely N-dealkylation sites (tertiary alicyclic amines) is 2. The van der Waals surface area contributed by atoms with Crippen LogP contribution in [0.1, 0.15) is 52.4 Å². The maximum absolute atomic E-state index is 14.0. The molecular weight excluding hydrogens is 347 g/mol. The minimum atomic E-state index is -0.397. The van der Waals surface area contributed by atoms with Crippen molar-refractivity contribution in [2.75, 3.05) is 32.7 Å². The van der Waals surface area contributed by atoms with E-state index < -0.39 is 6.04 Å². The van der Waals surface area contributed by atoms with E-state index in [0.29, 0.717) is 5.57 Å². The number of nitrogens with zero attached hydrogens (tertiary/aromatic N) is 2. The molecule has 26 heavy (non-hydrogen) atoms. The van der Waals surface area contributed by atoms with Gasteiger partial charge in [-0.25, -0.2) is 4.39 Å². The molecule has 2 saturated heterocycles. The molecule has 3 nitrogen and oxygen atoms in total. The molecule has 3 aliphatic rings. The van der Waals surface area contributed by atoms with Crippen molar-refractivity contribution in [1.29, 1.82) is 0 Å². The van der Waals surface area contributed by atoms with Crippen LogP contribution in [0.3, 0.4) is 0 Å². The topological polar surface area (TPSA) is 23.6 Å². The van der Waals surface area contributed by atoms with E-state index in [0.717, 1.165) is 38.9 Å². The van der Waals surface area contributed by atoms with Gasteiger partial charge >= 0.3 is 0 Å². The van der Waals surface area contributed by atoms with Gasteiger partial charge in [0.25, 0.3) is 0 Å². The van der Waals surface area contributed by atoms with Gasteiger partial charge in [0.1, 0.15) is 0 Å². The Morgan fingerprint density at radius 1 is 1.19 bits per heavy atom. The third-order valence-electron chi connectivity index (χ3n) is 6.13. The maximum atomic E-state index is 14.0. The monoisotopic (exact) mass is 380 g/mol. The molecule has 0 radical (unpaired) electrons. The van der Waals surface area contributed by atoms with Crippen molar-refractivity contribution in [3.05, 3.63) is 23.0 Å². The number of ketones is 1. The van der Waals surface area contributed by atoms with Gasteiger partial charge in [0, 0.05) is 30.8 Å². The van der Waals surface area contributed by atoms with Gasteiger partial charge in [-0.1, -0.05) is 12.5 Å². The second-order valence-electron chi connectivity index (χ2n) is 8.21. The second-order valence-corrected chi connectivity index (χ2v) is 8.83. The number of Topliss-reactive ketones (excluding diaryl/α,β-unsaturated/α-hetero) is 1. The summed E-state index contributed by atoms with van der Waals surface area (Å²) >= 11 is 4.78. The molecule has 0 N–H and O–H groups in total.